The van der Waals surface area contributed by atoms with Crippen molar-refractivity contribution < 1.29 is 14.0 Å². The zero-order valence-corrected chi connectivity index (χ0v) is 13.2. The summed E-state index contributed by atoms with van der Waals surface area (Å²) in [6.07, 6.45) is 3.02. The van der Waals surface area contributed by atoms with Gasteiger partial charge in [0.2, 0.25) is 6.21 Å². The summed E-state index contributed by atoms with van der Waals surface area (Å²) in [6.45, 7) is 12.0. The third-order valence-electron chi connectivity index (χ3n) is 2.98. The van der Waals surface area contributed by atoms with Crippen LogP contribution >= 0.6 is 15.9 Å². The van der Waals surface area contributed by atoms with Gasteiger partial charge in [-0.3, -0.25) is 0 Å². The molecular formula is C13H25BrNO2+. The first kappa shape index (κ1) is 15.1. The average Bonchev–Trinajstić information content (AvgIpc) is 2.58. The van der Waals surface area contributed by atoms with E-state index in [9.17, 15) is 0 Å². The molecule has 17 heavy (non-hydrogen) atoms. The Morgan fingerprint density at radius 3 is 2.12 bits per heavy atom. The van der Waals surface area contributed by atoms with Crippen molar-refractivity contribution in [3.8, 4) is 0 Å². The summed E-state index contributed by atoms with van der Waals surface area (Å²) in [4.78, 5) is 0. The maximum atomic E-state index is 5.85. The molecule has 0 bridgehead atoms. The number of hydrogen-bond donors (Lipinski definition) is 0. The lowest BCUT2D eigenvalue weighted by molar-refractivity contribution is -0.615. The molecule has 0 aromatic carbocycles. The summed E-state index contributed by atoms with van der Waals surface area (Å²) >= 11 is 3.59. The van der Waals surface area contributed by atoms with E-state index in [2.05, 4.69) is 47.5 Å². The van der Waals surface area contributed by atoms with Crippen LogP contribution in [0.25, 0.3) is 0 Å². The lowest BCUT2D eigenvalue weighted by Crippen LogP contribution is -2.39. The molecule has 1 rings (SSSR count). The molecule has 3 nitrogen and oxygen atoms in total. The van der Waals surface area contributed by atoms with Gasteiger partial charge in [-0.15, -0.1) is 0 Å². The van der Waals surface area contributed by atoms with E-state index in [4.69, 9.17) is 9.47 Å². The average molecular weight is 307 g/mol. The van der Waals surface area contributed by atoms with Gasteiger partial charge in [0.05, 0.1) is 11.8 Å². The van der Waals surface area contributed by atoms with Crippen molar-refractivity contribution in [2.24, 2.45) is 0 Å². The highest BCUT2D eigenvalue weighted by Gasteiger charge is 2.50. The molecule has 1 heterocycles. The molecule has 0 spiro atoms. The lowest BCUT2D eigenvalue weighted by Gasteiger charge is -2.23. The third kappa shape index (κ3) is 3.52. The summed E-state index contributed by atoms with van der Waals surface area (Å²) in [5.74, 6) is -0.533. The molecule has 100 valence electrons. The number of ether oxygens (including phenoxy) is 2. The Morgan fingerprint density at radius 2 is 1.82 bits per heavy atom. The van der Waals surface area contributed by atoms with Crippen LogP contribution in [-0.2, 0) is 9.47 Å². The zero-order valence-electron chi connectivity index (χ0n) is 11.6. The molecular weight excluding hydrogens is 282 g/mol. The summed E-state index contributed by atoms with van der Waals surface area (Å²) < 4.78 is 14.1. The van der Waals surface area contributed by atoms with E-state index < -0.39 is 5.79 Å². The van der Waals surface area contributed by atoms with Crippen molar-refractivity contribution >= 4 is 22.1 Å². The van der Waals surface area contributed by atoms with Crippen LogP contribution in [0.2, 0.25) is 0 Å². The van der Waals surface area contributed by atoms with Crippen LogP contribution in [0.4, 0.5) is 0 Å². The Morgan fingerprint density at radius 1 is 1.29 bits per heavy atom. The predicted molar refractivity (Wildman–Crippen MR) is 74.3 cm³/mol. The van der Waals surface area contributed by atoms with E-state index in [1.165, 1.54) is 0 Å². The molecule has 1 aliphatic rings. The van der Waals surface area contributed by atoms with Gasteiger partial charge in [0, 0.05) is 13.2 Å². The van der Waals surface area contributed by atoms with Crippen molar-refractivity contribution in [2.45, 2.75) is 58.4 Å². The number of alkyl halides is 1. The highest BCUT2D eigenvalue weighted by molar-refractivity contribution is 9.09. The SMILES string of the molecule is CCOC1(OCC)C=[N+](C(C)(C)C)C(CBr)C1. The number of hydrogen-bond acceptors (Lipinski definition) is 2. The third-order valence-corrected chi connectivity index (χ3v) is 3.73. The van der Waals surface area contributed by atoms with E-state index in [0.717, 1.165) is 11.8 Å². The van der Waals surface area contributed by atoms with Crippen molar-refractivity contribution in [1.82, 2.24) is 0 Å². The molecule has 1 atom stereocenters. The molecule has 0 radical (unpaired) electrons. The van der Waals surface area contributed by atoms with Gasteiger partial charge in [0.1, 0.15) is 0 Å². The van der Waals surface area contributed by atoms with Crippen molar-refractivity contribution in [3.05, 3.63) is 0 Å². The summed E-state index contributed by atoms with van der Waals surface area (Å²) in [5, 5.41) is 0.933. The fraction of sp³-hybridized carbons (Fsp3) is 0.923. The molecule has 0 saturated heterocycles. The van der Waals surface area contributed by atoms with E-state index >= 15 is 0 Å². The molecule has 0 aliphatic carbocycles. The number of nitrogens with zero attached hydrogens (tertiary/aromatic N) is 1. The largest absolute Gasteiger partial charge is 0.342 e. The Labute approximate surface area is 113 Å². The number of halogens is 1. The molecule has 1 aliphatic heterocycles. The summed E-state index contributed by atoms with van der Waals surface area (Å²) in [6, 6.07) is 0.424. The highest BCUT2D eigenvalue weighted by atomic mass is 79.9. The van der Waals surface area contributed by atoms with E-state index in [0.29, 0.717) is 19.3 Å². The minimum atomic E-state index is -0.533. The van der Waals surface area contributed by atoms with E-state index in [1.807, 2.05) is 13.8 Å². The monoisotopic (exact) mass is 306 g/mol. The zero-order chi connectivity index (χ0) is 13.1. The van der Waals surface area contributed by atoms with Crippen LogP contribution in [0.1, 0.15) is 41.0 Å². The normalized spacial score (nSPS) is 23.9. The van der Waals surface area contributed by atoms with Crippen LogP contribution < -0.4 is 0 Å². The highest BCUT2D eigenvalue weighted by Crippen LogP contribution is 2.30. The molecule has 4 heteroatoms. The second-order valence-corrected chi connectivity index (χ2v) is 6.04. The smallest absolute Gasteiger partial charge is 0.254 e. The van der Waals surface area contributed by atoms with Gasteiger partial charge in [-0.2, -0.15) is 0 Å². The van der Waals surface area contributed by atoms with Crippen LogP contribution in [0.3, 0.4) is 0 Å². The van der Waals surface area contributed by atoms with Crippen LogP contribution in [0, 0.1) is 0 Å². The van der Waals surface area contributed by atoms with Crippen molar-refractivity contribution in [1.29, 1.82) is 0 Å². The van der Waals surface area contributed by atoms with Crippen LogP contribution in [-0.4, -0.2) is 46.7 Å². The van der Waals surface area contributed by atoms with E-state index in [1.54, 1.807) is 0 Å². The van der Waals surface area contributed by atoms with Gasteiger partial charge in [0.15, 0.2) is 11.6 Å². The molecule has 0 aromatic rings. The first-order valence-corrected chi connectivity index (χ1v) is 7.49. The van der Waals surface area contributed by atoms with Crippen LogP contribution in [0.5, 0.6) is 0 Å². The van der Waals surface area contributed by atoms with Gasteiger partial charge in [-0.1, -0.05) is 15.9 Å². The molecule has 0 amide bonds. The first-order valence-electron chi connectivity index (χ1n) is 6.37. The minimum absolute atomic E-state index is 0.0917. The lowest BCUT2D eigenvalue weighted by atomic mass is 10.1. The standard InChI is InChI=1S/C13H25BrNO2/c1-6-16-13(17-7-2)8-11(9-14)15(10-13)12(3,4)5/h10-11H,6-9H2,1-5H3/q+1. The van der Waals surface area contributed by atoms with Gasteiger partial charge in [0.25, 0.3) is 5.79 Å². The topological polar surface area (TPSA) is 21.5 Å². The van der Waals surface area contributed by atoms with Gasteiger partial charge < -0.3 is 9.47 Å². The minimum Gasteiger partial charge on any atom is -0.342 e. The second kappa shape index (κ2) is 5.81. The molecule has 1 unspecified atom stereocenters. The Balaban J connectivity index is 3.00. The molecule has 0 fully saturated rings. The maximum absolute atomic E-state index is 5.85. The van der Waals surface area contributed by atoms with E-state index in [-0.39, 0.29) is 5.54 Å². The van der Waals surface area contributed by atoms with Gasteiger partial charge in [-0.25, -0.2) is 4.58 Å². The van der Waals surface area contributed by atoms with Crippen LogP contribution in [0.15, 0.2) is 0 Å². The second-order valence-electron chi connectivity index (χ2n) is 5.40. The molecule has 0 aromatic heterocycles. The van der Waals surface area contributed by atoms with Gasteiger partial charge >= 0.3 is 0 Å². The Bertz CT molecular complexity index is 278. The number of rotatable bonds is 5. The fourth-order valence-electron chi connectivity index (χ4n) is 2.39. The summed E-state index contributed by atoms with van der Waals surface area (Å²) in [5.41, 5.74) is 0.0917. The van der Waals surface area contributed by atoms with Gasteiger partial charge in [-0.05, 0) is 34.6 Å². The quantitative estimate of drug-likeness (QED) is 0.442. The first-order chi connectivity index (χ1) is 7.88. The Kier molecular flexibility index (Phi) is 5.17. The van der Waals surface area contributed by atoms with Crippen molar-refractivity contribution in [3.63, 3.8) is 0 Å². The predicted octanol–water partition coefficient (Wildman–Crippen LogP) is 2.80. The Hall–Kier alpha value is 0.0700. The van der Waals surface area contributed by atoms with Crippen molar-refractivity contribution in [2.75, 3.05) is 18.5 Å². The molecule has 0 N–H and O–H groups in total. The maximum Gasteiger partial charge on any atom is 0.254 e. The fourth-order valence-corrected chi connectivity index (χ4v) is 2.93. The summed E-state index contributed by atoms with van der Waals surface area (Å²) in [7, 11) is 0. The molecule has 0 saturated carbocycles.